The molecule has 5 heteroatoms. The van der Waals surface area contributed by atoms with Crippen molar-refractivity contribution in [1.82, 2.24) is 14.9 Å². The van der Waals surface area contributed by atoms with Crippen LogP contribution in [-0.2, 0) is 10.4 Å². The molecule has 150 valence electrons. The molecule has 0 bridgehead atoms. The molecule has 3 heterocycles. The molecule has 2 aromatic heterocycles. The van der Waals surface area contributed by atoms with Crippen molar-refractivity contribution in [3.63, 3.8) is 0 Å². The van der Waals surface area contributed by atoms with E-state index in [0.29, 0.717) is 0 Å². The number of amides is 1. The highest BCUT2D eigenvalue weighted by molar-refractivity contribution is 5.74. The molecule has 1 saturated heterocycles. The fraction of sp³-hybridized carbons (Fsp3) is 0.375. The third-order valence-corrected chi connectivity index (χ3v) is 6.19. The van der Waals surface area contributed by atoms with E-state index in [0.717, 1.165) is 43.4 Å². The second-order valence-corrected chi connectivity index (χ2v) is 7.86. The van der Waals surface area contributed by atoms with Crippen LogP contribution in [0.2, 0.25) is 0 Å². The summed E-state index contributed by atoms with van der Waals surface area (Å²) < 4.78 is 0. The molecule has 2 aromatic rings. The minimum Gasteiger partial charge on any atom is -0.380 e. The molecule has 2 unspecified atom stereocenters. The van der Waals surface area contributed by atoms with Crippen molar-refractivity contribution >= 4 is 5.91 Å². The van der Waals surface area contributed by atoms with Crippen LogP contribution in [0.5, 0.6) is 0 Å². The number of rotatable bonds is 5. The van der Waals surface area contributed by atoms with Crippen LogP contribution < -0.4 is 0 Å². The summed E-state index contributed by atoms with van der Waals surface area (Å²) in [6.07, 6.45) is 16.8. The van der Waals surface area contributed by atoms with Crippen molar-refractivity contribution in [3.05, 3.63) is 84.0 Å². The van der Waals surface area contributed by atoms with E-state index >= 15 is 0 Å². The molecule has 0 spiro atoms. The summed E-state index contributed by atoms with van der Waals surface area (Å²) in [4.78, 5) is 22.9. The van der Waals surface area contributed by atoms with Crippen LogP contribution in [0.1, 0.15) is 43.7 Å². The summed E-state index contributed by atoms with van der Waals surface area (Å²) in [5.41, 5.74) is 1.29. The molecule has 0 saturated carbocycles. The van der Waals surface area contributed by atoms with E-state index in [9.17, 15) is 9.90 Å². The Morgan fingerprint density at radius 1 is 1.21 bits per heavy atom. The fourth-order valence-corrected chi connectivity index (χ4v) is 4.91. The number of carbonyl (C=O) groups excluding carboxylic acids is 1. The van der Waals surface area contributed by atoms with Crippen LogP contribution in [-0.4, -0.2) is 38.5 Å². The first-order valence-corrected chi connectivity index (χ1v) is 10.3. The number of aliphatic hydroxyl groups is 1. The second-order valence-electron chi connectivity index (χ2n) is 7.86. The lowest BCUT2D eigenvalue weighted by molar-refractivity contribution is -0.132. The average molecular weight is 389 g/mol. The van der Waals surface area contributed by atoms with Gasteiger partial charge in [-0.1, -0.05) is 35.9 Å². The van der Waals surface area contributed by atoms with Gasteiger partial charge in [-0.2, -0.15) is 0 Å². The molecule has 1 aliphatic carbocycles. The second kappa shape index (κ2) is 8.29. The molecule has 29 heavy (non-hydrogen) atoms. The molecule has 2 aliphatic rings. The lowest BCUT2D eigenvalue weighted by atomic mass is 9.68. The van der Waals surface area contributed by atoms with Gasteiger partial charge in [0.25, 0.3) is 0 Å². The van der Waals surface area contributed by atoms with Gasteiger partial charge in [-0.3, -0.25) is 14.8 Å². The Labute approximate surface area is 171 Å². The summed E-state index contributed by atoms with van der Waals surface area (Å²) in [5.74, 6) is -0.212. The van der Waals surface area contributed by atoms with E-state index in [1.165, 1.54) is 5.57 Å². The zero-order valence-corrected chi connectivity index (χ0v) is 16.7. The third-order valence-electron chi connectivity index (χ3n) is 6.19. The van der Waals surface area contributed by atoms with Crippen LogP contribution in [0, 0.1) is 5.92 Å². The summed E-state index contributed by atoms with van der Waals surface area (Å²) >= 11 is 0. The number of likely N-dealkylation sites (tertiary alicyclic amines) is 1. The molecule has 1 fully saturated rings. The Morgan fingerprint density at radius 2 is 1.90 bits per heavy atom. The van der Waals surface area contributed by atoms with Crippen molar-refractivity contribution in [2.75, 3.05) is 6.54 Å². The maximum Gasteiger partial charge on any atom is 0.219 e. The standard InChI is InChI=1S/C24H27N3O2/c1-18(28)27-15-7-12-22(27)23(19-8-3-2-4-9-19)24(29,20-10-5-13-25-16-20)21-11-6-14-26-17-21/h2-3,5-6,8,10-11,13-14,16-17,22-23,29H,4,7,9,12,15H2,1H3. The van der Waals surface area contributed by atoms with Gasteiger partial charge >= 0.3 is 0 Å². The highest BCUT2D eigenvalue weighted by atomic mass is 16.3. The van der Waals surface area contributed by atoms with Gasteiger partial charge < -0.3 is 10.0 Å². The van der Waals surface area contributed by atoms with Crippen molar-refractivity contribution in [2.24, 2.45) is 5.92 Å². The maximum absolute atomic E-state index is 12.4. The summed E-state index contributed by atoms with van der Waals surface area (Å²) in [5, 5.41) is 12.4. The molecule has 2 atom stereocenters. The summed E-state index contributed by atoms with van der Waals surface area (Å²) in [7, 11) is 0. The van der Waals surface area contributed by atoms with Crippen LogP contribution in [0.4, 0.5) is 0 Å². The van der Waals surface area contributed by atoms with Crippen molar-refractivity contribution in [1.29, 1.82) is 0 Å². The first-order valence-electron chi connectivity index (χ1n) is 10.3. The molecule has 4 rings (SSSR count). The number of nitrogens with zero attached hydrogens (tertiary/aromatic N) is 3. The van der Waals surface area contributed by atoms with Crippen molar-refractivity contribution in [2.45, 2.75) is 44.2 Å². The average Bonchev–Trinajstić information content (AvgIpc) is 3.25. The van der Waals surface area contributed by atoms with Crippen molar-refractivity contribution < 1.29 is 9.90 Å². The number of pyridine rings is 2. The van der Waals surface area contributed by atoms with E-state index in [1.807, 2.05) is 29.2 Å². The number of aromatic nitrogens is 2. The first-order chi connectivity index (χ1) is 14.1. The quantitative estimate of drug-likeness (QED) is 0.848. The molecule has 0 radical (unpaired) electrons. The fourth-order valence-electron chi connectivity index (χ4n) is 4.91. The lowest BCUT2D eigenvalue weighted by Crippen LogP contribution is -2.50. The number of allylic oxidation sites excluding steroid dienone is 3. The van der Waals surface area contributed by atoms with Gasteiger partial charge in [-0.05, 0) is 37.8 Å². The zero-order valence-electron chi connectivity index (χ0n) is 16.7. The number of hydrogen-bond acceptors (Lipinski definition) is 4. The van der Waals surface area contributed by atoms with Gasteiger partial charge in [-0.25, -0.2) is 0 Å². The predicted molar refractivity (Wildman–Crippen MR) is 112 cm³/mol. The molecule has 5 nitrogen and oxygen atoms in total. The molecule has 1 amide bonds. The summed E-state index contributed by atoms with van der Waals surface area (Å²) in [6.45, 7) is 2.35. The Kier molecular flexibility index (Phi) is 5.58. The molecule has 1 N–H and O–H groups in total. The Morgan fingerprint density at radius 3 is 2.41 bits per heavy atom. The molecule has 1 aliphatic heterocycles. The Bertz CT molecular complexity index is 869. The van der Waals surface area contributed by atoms with Crippen LogP contribution in [0.15, 0.2) is 72.9 Å². The monoisotopic (exact) mass is 389 g/mol. The topological polar surface area (TPSA) is 66.3 Å². The number of hydrogen-bond donors (Lipinski definition) is 1. The number of carbonyl (C=O) groups is 1. The normalized spacial score (nSPS) is 20.4. The van der Waals surface area contributed by atoms with Gasteiger partial charge in [-0.15, -0.1) is 0 Å². The largest absolute Gasteiger partial charge is 0.380 e. The molecule has 0 aromatic carbocycles. The SMILES string of the molecule is CC(=O)N1CCCC1C(C1=CC=CCC1)C(O)(c1cccnc1)c1cccnc1. The minimum atomic E-state index is -1.33. The van der Waals surface area contributed by atoms with E-state index in [-0.39, 0.29) is 17.9 Å². The van der Waals surface area contributed by atoms with E-state index in [4.69, 9.17) is 0 Å². The van der Waals surface area contributed by atoms with Crippen LogP contribution in [0.3, 0.4) is 0 Å². The van der Waals surface area contributed by atoms with E-state index < -0.39 is 5.60 Å². The summed E-state index contributed by atoms with van der Waals surface area (Å²) in [6, 6.07) is 7.45. The smallest absolute Gasteiger partial charge is 0.219 e. The third kappa shape index (κ3) is 3.62. The van der Waals surface area contributed by atoms with Gasteiger partial charge in [0, 0.05) is 61.3 Å². The highest BCUT2D eigenvalue weighted by Crippen LogP contribution is 2.47. The van der Waals surface area contributed by atoms with Gasteiger partial charge in [0.05, 0.1) is 0 Å². The maximum atomic E-state index is 12.4. The van der Waals surface area contributed by atoms with Crippen LogP contribution in [0.25, 0.3) is 0 Å². The van der Waals surface area contributed by atoms with Gasteiger partial charge in [0.2, 0.25) is 5.91 Å². The Hall–Kier alpha value is -2.79. The van der Waals surface area contributed by atoms with E-state index in [1.54, 1.807) is 31.7 Å². The molecular formula is C24H27N3O2. The van der Waals surface area contributed by atoms with E-state index in [2.05, 4.69) is 28.2 Å². The lowest BCUT2D eigenvalue weighted by Gasteiger charge is -2.44. The highest BCUT2D eigenvalue weighted by Gasteiger charge is 2.49. The minimum absolute atomic E-state index is 0.0594. The Balaban J connectivity index is 1.93. The molecular weight excluding hydrogens is 362 g/mol. The zero-order chi connectivity index (χ0) is 20.3. The first kappa shape index (κ1) is 19.5. The predicted octanol–water partition coefficient (Wildman–Crippen LogP) is 3.62. The van der Waals surface area contributed by atoms with Crippen LogP contribution >= 0.6 is 0 Å². The van der Waals surface area contributed by atoms with Gasteiger partial charge in [0.15, 0.2) is 0 Å². The van der Waals surface area contributed by atoms with Gasteiger partial charge in [0.1, 0.15) is 5.60 Å². The van der Waals surface area contributed by atoms with Crippen molar-refractivity contribution in [3.8, 4) is 0 Å².